The van der Waals surface area contributed by atoms with Crippen LogP contribution in [0.2, 0.25) is 0 Å². The molecule has 0 saturated carbocycles. The molecule has 0 amide bonds. The van der Waals surface area contributed by atoms with Crippen LogP contribution in [0, 0.1) is 0 Å². The van der Waals surface area contributed by atoms with Crippen LogP contribution in [0.25, 0.3) is 0 Å². The molecule has 0 saturated heterocycles. The first kappa shape index (κ1) is 7.62. The molecule has 2 nitrogen and oxygen atoms in total. The zero-order valence-corrected chi connectivity index (χ0v) is 7.42. The van der Waals surface area contributed by atoms with Crippen LogP contribution in [0.4, 0.5) is 0 Å². The summed E-state index contributed by atoms with van der Waals surface area (Å²) in [7, 11) is 1.70. The van der Waals surface area contributed by atoms with Crippen molar-refractivity contribution in [2.24, 2.45) is 0 Å². The summed E-state index contributed by atoms with van der Waals surface area (Å²) < 4.78 is 5.15. The highest BCUT2D eigenvalue weighted by atomic mass is 16.5. The van der Waals surface area contributed by atoms with Gasteiger partial charge in [-0.05, 0) is 30.2 Å². The number of nitrogens with one attached hydrogen (secondary N) is 1. The van der Waals surface area contributed by atoms with Crippen LogP contribution in [0.3, 0.4) is 0 Å². The average molecular weight is 163 g/mol. The van der Waals surface area contributed by atoms with Gasteiger partial charge in [-0.15, -0.1) is 0 Å². The second kappa shape index (κ2) is 2.79. The molecule has 0 aromatic heterocycles. The fraction of sp³-hybridized carbons (Fsp3) is 0.400. The quantitative estimate of drug-likeness (QED) is 0.682. The third-order valence-electron chi connectivity index (χ3n) is 2.42. The molecule has 0 fully saturated rings. The minimum Gasteiger partial charge on any atom is -0.497 e. The van der Waals surface area contributed by atoms with Crippen molar-refractivity contribution in [1.82, 2.24) is 5.32 Å². The van der Waals surface area contributed by atoms with E-state index in [2.05, 4.69) is 24.4 Å². The molecule has 0 bridgehead atoms. The summed E-state index contributed by atoms with van der Waals surface area (Å²) in [6, 6.07) is 6.75. The van der Waals surface area contributed by atoms with E-state index in [0.29, 0.717) is 6.04 Å². The fourth-order valence-electron chi connectivity index (χ4n) is 1.66. The molecule has 64 valence electrons. The second-order valence-corrected chi connectivity index (χ2v) is 3.17. The Morgan fingerprint density at radius 2 is 2.33 bits per heavy atom. The Morgan fingerprint density at radius 3 is 3.08 bits per heavy atom. The SMILES string of the molecule is COc1ccc2c(c1)CNC2C. The summed E-state index contributed by atoms with van der Waals surface area (Å²) in [6.07, 6.45) is 0. The maximum absolute atomic E-state index is 5.15. The van der Waals surface area contributed by atoms with Crippen molar-refractivity contribution in [2.45, 2.75) is 19.5 Å². The maximum atomic E-state index is 5.15. The van der Waals surface area contributed by atoms with Gasteiger partial charge in [0.25, 0.3) is 0 Å². The predicted molar refractivity (Wildman–Crippen MR) is 48.2 cm³/mol. The molecule has 0 aliphatic carbocycles. The third-order valence-corrected chi connectivity index (χ3v) is 2.42. The van der Waals surface area contributed by atoms with Crippen LogP contribution < -0.4 is 10.1 Å². The molecule has 1 atom stereocenters. The fourth-order valence-corrected chi connectivity index (χ4v) is 1.66. The van der Waals surface area contributed by atoms with E-state index in [-0.39, 0.29) is 0 Å². The Labute approximate surface area is 72.5 Å². The Balaban J connectivity index is 2.41. The maximum Gasteiger partial charge on any atom is 0.119 e. The topological polar surface area (TPSA) is 21.3 Å². The minimum atomic E-state index is 0.492. The number of hydrogen-bond donors (Lipinski definition) is 1. The first-order valence-corrected chi connectivity index (χ1v) is 4.21. The summed E-state index contributed by atoms with van der Waals surface area (Å²) in [6.45, 7) is 3.14. The van der Waals surface area contributed by atoms with Gasteiger partial charge in [-0.2, -0.15) is 0 Å². The Hall–Kier alpha value is -1.02. The standard InChI is InChI=1S/C10H13NO/c1-7-10-4-3-9(12-2)5-8(10)6-11-7/h3-5,7,11H,6H2,1-2H3. The van der Waals surface area contributed by atoms with E-state index in [9.17, 15) is 0 Å². The van der Waals surface area contributed by atoms with Gasteiger partial charge < -0.3 is 10.1 Å². The van der Waals surface area contributed by atoms with E-state index < -0.39 is 0 Å². The molecule has 1 aliphatic heterocycles. The summed E-state index contributed by atoms with van der Waals surface area (Å²) in [5.41, 5.74) is 2.76. The van der Waals surface area contributed by atoms with Crippen LogP contribution >= 0.6 is 0 Å². The zero-order valence-electron chi connectivity index (χ0n) is 7.42. The van der Waals surface area contributed by atoms with Gasteiger partial charge >= 0.3 is 0 Å². The molecule has 1 heterocycles. The van der Waals surface area contributed by atoms with Crippen molar-refractivity contribution in [1.29, 1.82) is 0 Å². The number of fused-ring (bicyclic) bond motifs is 1. The number of methoxy groups -OCH3 is 1. The number of benzene rings is 1. The van der Waals surface area contributed by atoms with Crippen LogP contribution in [-0.2, 0) is 6.54 Å². The number of rotatable bonds is 1. The highest BCUT2D eigenvalue weighted by molar-refractivity contribution is 5.39. The molecular formula is C10H13NO. The first-order chi connectivity index (χ1) is 5.81. The molecule has 0 spiro atoms. The summed E-state index contributed by atoms with van der Waals surface area (Å²) in [4.78, 5) is 0. The monoisotopic (exact) mass is 163 g/mol. The van der Waals surface area contributed by atoms with Crippen molar-refractivity contribution in [3.05, 3.63) is 29.3 Å². The Kier molecular flexibility index (Phi) is 1.77. The molecule has 1 unspecified atom stereocenters. The molecule has 0 radical (unpaired) electrons. The van der Waals surface area contributed by atoms with Crippen molar-refractivity contribution in [3.63, 3.8) is 0 Å². The van der Waals surface area contributed by atoms with Gasteiger partial charge in [0, 0.05) is 12.6 Å². The number of hydrogen-bond acceptors (Lipinski definition) is 2. The van der Waals surface area contributed by atoms with Crippen molar-refractivity contribution in [2.75, 3.05) is 7.11 Å². The molecule has 12 heavy (non-hydrogen) atoms. The molecule has 1 aromatic carbocycles. The average Bonchev–Trinajstić information content (AvgIpc) is 2.47. The Morgan fingerprint density at radius 1 is 1.50 bits per heavy atom. The lowest BCUT2D eigenvalue weighted by Gasteiger charge is -2.05. The molecule has 1 aromatic rings. The molecule has 1 aliphatic rings. The zero-order chi connectivity index (χ0) is 8.55. The van der Waals surface area contributed by atoms with Gasteiger partial charge in [0.15, 0.2) is 0 Å². The third kappa shape index (κ3) is 1.08. The second-order valence-electron chi connectivity index (χ2n) is 3.17. The van der Waals surface area contributed by atoms with Gasteiger partial charge in [-0.25, -0.2) is 0 Å². The molecule has 1 N–H and O–H groups in total. The largest absolute Gasteiger partial charge is 0.497 e. The smallest absolute Gasteiger partial charge is 0.119 e. The van der Waals surface area contributed by atoms with Gasteiger partial charge in [-0.3, -0.25) is 0 Å². The summed E-state index contributed by atoms with van der Waals surface area (Å²) >= 11 is 0. The van der Waals surface area contributed by atoms with E-state index in [0.717, 1.165) is 12.3 Å². The van der Waals surface area contributed by atoms with Crippen molar-refractivity contribution in [3.8, 4) is 5.75 Å². The highest BCUT2D eigenvalue weighted by Gasteiger charge is 2.17. The summed E-state index contributed by atoms with van der Waals surface area (Å²) in [5.74, 6) is 0.949. The van der Waals surface area contributed by atoms with Crippen LogP contribution in [0.5, 0.6) is 5.75 Å². The Bertz CT molecular complexity index is 296. The molecular weight excluding hydrogens is 150 g/mol. The van der Waals surface area contributed by atoms with Crippen LogP contribution in [0.15, 0.2) is 18.2 Å². The van der Waals surface area contributed by atoms with Crippen LogP contribution in [0.1, 0.15) is 24.1 Å². The van der Waals surface area contributed by atoms with Crippen molar-refractivity contribution < 1.29 is 4.74 Å². The normalized spacial score (nSPS) is 20.7. The van der Waals surface area contributed by atoms with Crippen LogP contribution in [-0.4, -0.2) is 7.11 Å². The van der Waals surface area contributed by atoms with Crippen molar-refractivity contribution >= 4 is 0 Å². The molecule has 2 heteroatoms. The van der Waals surface area contributed by atoms with E-state index in [1.165, 1.54) is 11.1 Å². The lowest BCUT2D eigenvalue weighted by Crippen LogP contribution is -2.06. The predicted octanol–water partition coefficient (Wildman–Crippen LogP) is 1.86. The molecule has 2 rings (SSSR count). The van der Waals surface area contributed by atoms with Gasteiger partial charge in [0.2, 0.25) is 0 Å². The summed E-state index contributed by atoms with van der Waals surface area (Å²) in [5, 5.41) is 3.38. The minimum absolute atomic E-state index is 0.492. The van der Waals surface area contributed by atoms with Gasteiger partial charge in [0.1, 0.15) is 5.75 Å². The van der Waals surface area contributed by atoms with Gasteiger partial charge in [0.05, 0.1) is 7.11 Å². The van der Waals surface area contributed by atoms with E-state index in [4.69, 9.17) is 4.74 Å². The van der Waals surface area contributed by atoms with Gasteiger partial charge in [-0.1, -0.05) is 6.07 Å². The van der Waals surface area contributed by atoms with E-state index >= 15 is 0 Å². The highest BCUT2D eigenvalue weighted by Crippen LogP contribution is 2.27. The number of ether oxygens (including phenoxy) is 1. The lowest BCUT2D eigenvalue weighted by atomic mass is 10.1. The lowest BCUT2D eigenvalue weighted by molar-refractivity contribution is 0.414. The first-order valence-electron chi connectivity index (χ1n) is 4.21. The van der Waals surface area contributed by atoms with E-state index in [1.54, 1.807) is 7.11 Å². The van der Waals surface area contributed by atoms with E-state index in [1.807, 2.05) is 6.07 Å².